The van der Waals surface area contributed by atoms with Crippen molar-refractivity contribution in [1.29, 1.82) is 0 Å². The van der Waals surface area contributed by atoms with Gasteiger partial charge in [0.15, 0.2) is 11.5 Å². The predicted molar refractivity (Wildman–Crippen MR) is 124 cm³/mol. The van der Waals surface area contributed by atoms with Crippen molar-refractivity contribution >= 4 is 41.2 Å². The summed E-state index contributed by atoms with van der Waals surface area (Å²) in [5.41, 5.74) is 2.66. The van der Waals surface area contributed by atoms with Crippen LogP contribution in [0, 0.1) is 13.8 Å². The maximum atomic E-state index is 11.7. The van der Waals surface area contributed by atoms with E-state index in [9.17, 15) is 9.59 Å². The average Bonchev–Trinajstić information content (AvgIpc) is 3.04. The lowest BCUT2D eigenvalue weighted by Crippen LogP contribution is -2.22. The molecule has 1 saturated heterocycles. The van der Waals surface area contributed by atoms with Gasteiger partial charge in [0.2, 0.25) is 0 Å². The van der Waals surface area contributed by atoms with Gasteiger partial charge in [0.05, 0.1) is 24.8 Å². The molecule has 0 unspecified atom stereocenters. The Bertz CT molecular complexity index is 1050. The molecule has 3 amide bonds. The Hall–Kier alpha value is -2.90. The summed E-state index contributed by atoms with van der Waals surface area (Å²) in [4.78, 5) is 23.0. The zero-order valence-electron chi connectivity index (χ0n) is 18.0. The SMILES string of the molecule is CCOc1cc(C=C2NC(=O)NC2=O)cc(Cl)c1OCCCOc1cc(C)c(Cl)c(C)c1. The molecule has 1 aliphatic rings. The fourth-order valence-electron chi connectivity index (χ4n) is 3.14. The first kappa shape index (κ1) is 23.8. The molecule has 0 saturated carbocycles. The molecule has 32 heavy (non-hydrogen) atoms. The molecule has 0 aromatic heterocycles. The molecule has 0 atom stereocenters. The number of carbonyl (C=O) groups excluding carboxylic acids is 2. The maximum Gasteiger partial charge on any atom is 0.326 e. The Morgan fingerprint density at radius 2 is 1.62 bits per heavy atom. The van der Waals surface area contributed by atoms with Crippen molar-refractivity contribution in [3.8, 4) is 17.2 Å². The van der Waals surface area contributed by atoms with Crippen LogP contribution in [0.3, 0.4) is 0 Å². The molecular formula is C23H24Cl2N2O5. The molecule has 1 fully saturated rings. The smallest absolute Gasteiger partial charge is 0.326 e. The first-order valence-electron chi connectivity index (χ1n) is 10.1. The van der Waals surface area contributed by atoms with Crippen LogP contribution in [0.1, 0.15) is 30.0 Å². The van der Waals surface area contributed by atoms with Crippen LogP contribution in [-0.4, -0.2) is 31.8 Å². The van der Waals surface area contributed by atoms with Crippen LogP contribution in [0.25, 0.3) is 6.08 Å². The van der Waals surface area contributed by atoms with Crippen LogP contribution in [0.2, 0.25) is 10.0 Å². The third-order valence-electron chi connectivity index (χ3n) is 4.58. The van der Waals surface area contributed by atoms with Crippen LogP contribution < -0.4 is 24.8 Å². The van der Waals surface area contributed by atoms with Gasteiger partial charge in [-0.1, -0.05) is 23.2 Å². The number of amides is 3. The van der Waals surface area contributed by atoms with Crippen LogP contribution in [0.5, 0.6) is 17.2 Å². The van der Waals surface area contributed by atoms with Gasteiger partial charge in [-0.2, -0.15) is 0 Å². The topological polar surface area (TPSA) is 85.9 Å². The largest absolute Gasteiger partial charge is 0.493 e. The summed E-state index contributed by atoms with van der Waals surface area (Å²) in [6.45, 7) is 6.95. The summed E-state index contributed by atoms with van der Waals surface area (Å²) in [6, 6.07) is 6.58. The number of aryl methyl sites for hydroxylation is 2. The highest BCUT2D eigenvalue weighted by molar-refractivity contribution is 6.32. The number of ether oxygens (including phenoxy) is 3. The first-order valence-corrected chi connectivity index (χ1v) is 10.9. The van der Waals surface area contributed by atoms with E-state index in [4.69, 9.17) is 37.4 Å². The Kier molecular flexibility index (Phi) is 7.88. The second-order valence-electron chi connectivity index (χ2n) is 7.15. The van der Waals surface area contributed by atoms with E-state index in [0.29, 0.717) is 48.3 Å². The zero-order valence-corrected chi connectivity index (χ0v) is 19.5. The van der Waals surface area contributed by atoms with E-state index < -0.39 is 11.9 Å². The van der Waals surface area contributed by atoms with Crippen LogP contribution >= 0.6 is 23.2 Å². The van der Waals surface area contributed by atoms with Gasteiger partial charge in [-0.15, -0.1) is 0 Å². The number of halogens is 2. The number of carbonyl (C=O) groups is 2. The van der Waals surface area contributed by atoms with Crippen molar-refractivity contribution in [3.63, 3.8) is 0 Å². The monoisotopic (exact) mass is 478 g/mol. The lowest BCUT2D eigenvalue weighted by atomic mass is 10.1. The number of hydrogen-bond donors (Lipinski definition) is 2. The number of imide groups is 1. The molecule has 2 aromatic rings. The van der Waals surface area contributed by atoms with Gasteiger partial charge in [-0.05, 0) is 67.8 Å². The molecule has 9 heteroatoms. The van der Waals surface area contributed by atoms with E-state index >= 15 is 0 Å². The van der Waals surface area contributed by atoms with Crippen molar-refractivity contribution in [2.24, 2.45) is 0 Å². The average molecular weight is 479 g/mol. The molecule has 7 nitrogen and oxygen atoms in total. The highest BCUT2D eigenvalue weighted by Gasteiger charge is 2.23. The number of hydrogen-bond acceptors (Lipinski definition) is 5. The van der Waals surface area contributed by atoms with Crippen molar-refractivity contribution in [3.05, 3.63) is 56.7 Å². The third kappa shape index (κ3) is 5.87. The summed E-state index contributed by atoms with van der Waals surface area (Å²) in [5, 5.41) is 5.66. The van der Waals surface area contributed by atoms with Crippen LogP contribution in [0.4, 0.5) is 4.79 Å². The zero-order chi connectivity index (χ0) is 23.3. The third-order valence-corrected chi connectivity index (χ3v) is 5.45. The molecule has 3 rings (SSSR count). The summed E-state index contributed by atoms with van der Waals surface area (Å²) in [7, 11) is 0. The van der Waals surface area contributed by atoms with E-state index in [1.54, 1.807) is 12.1 Å². The molecule has 170 valence electrons. The normalized spacial score (nSPS) is 14.3. The molecule has 0 radical (unpaired) electrons. The Labute approximate surface area is 196 Å². The standard InChI is InChI=1S/C23H24Cl2N2O5/c1-4-30-19-12-15(11-18-22(28)27-23(29)26-18)10-17(24)21(19)32-7-5-6-31-16-8-13(2)20(25)14(3)9-16/h8-12H,4-7H2,1-3H3,(H2,26,27,28,29). The molecule has 0 spiro atoms. The van der Waals surface area contributed by atoms with Crippen molar-refractivity contribution in [2.45, 2.75) is 27.2 Å². The minimum absolute atomic E-state index is 0.131. The summed E-state index contributed by atoms with van der Waals surface area (Å²) >= 11 is 12.6. The minimum Gasteiger partial charge on any atom is -0.493 e. The van der Waals surface area contributed by atoms with Crippen molar-refractivity contribution < 1.29 is 23.8 Å². The van der Waals surface area contributed by atoms with Crippen molar-refractivity contribution in [2.75, 3.05) is 19.8 Å². The number of rotatable bonds is 9. The Morgan fingerprint density at radius 3 is 2.25 bits per heavy atom. The van der Waals surface area contributed by atoms with Gasteiger partial charge in [0.25, 0.3) is 5.91 Å². The molecule has 1 aliphatic heterocycles. The highest BCUT2D eigenvalue weighted by atomic mass is 35.5. The highest BCUT2D eigenvalue weighted by Crippen LogP contribution is 2.37. The van der Waals surface area contributed by atoms with Gasteiger partial charge in [-0.3, -0.25) is 10.1 Å². The Balaban J connectivity index is 1.62. The lowest BCUT2D eigenvalue weighted by Gasteiger charge is -2.15. The fraction of sp³-hybridized carbons (Fsp3) is 0.304. The predicted octanol–water partition coefficient (Wildman–Crippen LogP) is 5.04. The van der Waals surface area contributed by atoms with Gasteiger partial charge in [-0.25, -0.2) is 4.79 Å². The van der Waals surface area contributed by atoms with Crippen molar-refractivity contribution in [1.82, 2.24) is 10.6 Å². The van der Waals surface area contributed by atoms with E-state index in [1.807, 2.05) is 32.9 Å². The summed E-state index contributed by atoms with van der Waals surface area (Å²) < 4.78 is 17.3. The van der Waals surface area contributed by atoms with Gasteiger partial charge < -0.3 is 19.5 Å². The van der Waals surface area contributed by atoms with E-state index in [2.05, 4.69) is 10.6 Å². The fourth-order valence-corrected chi connectivity index (χ4v) is 3.52. The number of urea groups is 1. The molecule has 2 N–H and O–H groups in total. The van der Waals surface area contributed by atoms with Crippen LogP contribution in [-0.2, 0) is 4.79 Å². The lowest BCUT2D eigenvalue weighted by molar-refractivity contribution is -0.115. The quantitative estimate of drug-likeness (QED) is 0.299. The second kappa shape index (κ2) is 10.6. The summed E-state index contributed by atoms with van der Waals surface area (Å²) in [6.07, 6.45) is 2.14. The molecule has 0 bridgehead atoms. The van der Waals surface area contributed by atoms with E-state index in [0.717, 1.165) is 21.9 Å². The van der Waals surface area contributed by atoms with Gasteiger partial charge in [0, 0.05) is 11.4 Å². The molecule has 2 aromatic carbocycles. The number of benzene rings is 2. The minimum atomic E-state index is -0.566. The molecule has 0 aliphatic carbocycles. The van der Waals surface area contributed by atoms with Gasteiger partial charge >= 0.3 is 6.03 Å². The molecule has 1 heterocycles. The second-order valence-corrected chi connectivity index (χ2v) is 7.94. The van der Waals surface area contributed by atoms with Crippen LogP contribution in [0.15, 0.2) is 30.0 Å². The maximum absolute atomic E-state index is 11.7. The number of nitrogens with one attached hydrogen (secondary N) is 2. The van der Waals surface area contributed by atoms with Gasteiger partial charge in [0.1, 0.15) is 11.4 Å². The van der Waals surface area contributed by atoms with E-state index in [-0.39, 0.29) is 5.70 Å². The Morgan fingerprint density at radius 1 is 0.938 bits per heavy atom. The summed E-state index contributed by atoms with van der Waals surface area (Å²) in [5.74, 6) is 1.11. The first-order chi connectivity index (χ1) is 15.3. The van der Waals surface area contributed by atoms with E-state index in [1.165, 1.54) is 6.08 Å². The molecular weight excluding hydrogens is 455 g/mol.